The van der Waals surface area contributed by atoms with Crippen LogP contribution in [0, 0.1) is 35.0 Å². The van der Waals surface area contributed by atoms with E-state index >= 15 is 0 Å². The molecular formula is C34H52N4O8. The maximum atomic E-state index is 14.0. The summed E-state index contributed by atoms with van der Waals surface area (Å²) >= 11 is 0. The average Bonchev–Trinajstić information content (AvgIpc) is 3.23. The zero-order valence-corrected chi connectivity index (χ0v) is 29.0. The lowest BCUT2D eigenvalue weighted by Gasteiger charge is -2.38. The summed E-state index contributed by atoms with van der Waals surface area (Å²) in [6, 6.07) is -3.12. The lowest BCUT2D eigenvalue weighted by Crippen LogP contribution is -2.60. The number of likely N-dealkylation sites (tertiary alicyclic amines) is 1. The van der Waals surface area contributed by atoms with Crippen LogP contribution in [-0.4, -0.2) is 82.9 Å². The fourth-order valence-electron chi connectivity index (χ4n) is 5.75. The van der Waals surface area contributed by atoms with Gasteiger partial charge in [-0.25, -0.2) is 4.79 Å². The van der Waals surface area contributed by atoms with Gasteiger partial charge in [-0.15, -0.1) is 13.0 Å². The van der Waals surface area contributed by atoms with Crippen LogP contribution < -0.4 is 16.0 Å². The van der Waals surface area contributed by atoms with Gasteiger partial charge in [0.25, 0.3) is 5.91 Å². The molecule has 5 atom stereocenters. The number of ketones is 1. The van der Waals surface area contributed by atoms with E-state index in [0.29, 0.717) is 13.0 Å². The van der Waals surface area contributed by atoms with Gasteiger partial charge in [0, 0.05) is 13.1 Å². The van der Waals surface area contributed by atoms with Crippen LogP contribution in [-0.2, 0) is 33.4 Å². The minimum absolute atomic E-state index is 0.0409. The number of esters is 1. The molecule has 12 nitrogen and oxygen atoms in total. The van der Waals surface area contributed by atoms with Gasteiger partial charge in [-0.1, -0.05) is 46.6 Å². The molecule has 0 aromatic carbocycles. The summed E-state index contributed by atoms with van der Waals surface area (Å²) in [6.07, 6.45) is 6.36. The highest BCUT2D eigenvalue weighted by Gasteiger charge is 2.70. The van der Waals surface area contributed by atoms with Crippen LogP contribution in [0.15, 0.2) is 12.7 Å². The van der Waals surface area contributed by atoms with Gasteiger partial charge >= 0.3 is 12.1 Å². The molecule has 1 saturated carbocycles. The molecule has 0 aromatic rings. The Morgan fingerprint density at radius 1 is 1.02 bits per heavy atom. The highest BCUT2D eigenvalue weighted by Crippen LogP contribution is 2.65. The molecule has 1 heterocycles. The van der Waals surface area contributed by atoms with Gasteiger partial charge in [-0.2, -0.15) is 0 Å². The molecule has 4 amide bonds. The van der Waals surface area contributed by atoms with Crippen LogP contribution in [0.2, 0.25) is 0 Å². The maximum absolute atomic E-state index is 14.0. The van der Waals surface area contributed by atoms with Crippen molar-refractivity contribution in [2.45, 2.75) is 118 Å². The van der Waals surface area contributed by atoms with E-state index in [-0.39, 0.29) is 36.6 Å². The molecule has 1 saturated heterocycles. The van der Waals surface area contributed by atoms with E-state index in [1.807, 2.05) is 13.8 Å². The molecule has 1 aliphatic heterocycles. The Balaban J connectivity index is 2.22. The Hall–Kier alpha value is -3.88. The second-order valence-electron chi connectivity index (χ2n) is 15.3. The van der Waals surface area contributed by atoms with Gasteiger partial charge in [0.2, 0.25) is 17.6 Å². The van der Waals surface area contributed by atoms with Crippen molar-refractivity contribution in [3.63, 3.8) is 0 Å². The topological polar surface area (TPSA) is 160 Å². The third kappa shape index (κ3) is 9.81. The number of rotatable bonds is 13. The monoisotopic (exact) mass is 644 g/mol. The molecule has 0 bridgehead atoms. The van der Waals surface area contributed by atoms with Crippen LogP contribution in [0.25, 0.3) is 0 Å². The minimum atomic E-state index is -1.20. The highest BCUT2D eigenvalue weighted by atomic mass is 16.6. The van der Waals surface area contributed by atoms with E-state index in [2.05, 4.69) is 28.4 Å². The summed E-state index contributed by atoms with van der Waals surface area (Å²) in [5.41, 5.74) is -2.84. The minimum Gasteiger partial charge on any atom is -0.446 e. The van der Waals surface area contributed by atoms with E-state index in [1.165, 1.54) is 4.90 Å². The summed E-state index contributed by atoms with van der Waals surface area (Å²) < 4.78 is 10.5. The van der Waals surface area contributed by atoms with Crippen LogP contribution in [0.4, 0.5) is 4.79 Å². The van der Waals surface area contributed by atoms with Gasteiger partial charge in [0.1, 0.15) is 17.7 Å². The number of allylic oxidation sites excluding steroid dienone is 1. The van der Waals surface area contributed by atoms with Gasteiger partial charge in [-0.3, -0.25) is 24.0 Å². The van der Waals surface area contributed by atoms with Crippen molar-refractivity contribution in [3.05, 3.63) is 12.7 Å². The van der Waals surface area contributed by atoms with E-state index in [9.17, 15) is 28.8 Å². The van der Waals surface area contributed by atoms with E-state index in [4.69, 9.17) is 15.9 Å². The van der Waals surface area contributed by atoms with Crippen molar-refractivity contribution in [3.8, 4) is 12.3 Å². The van der Waals surface area contributed by atoms with Gasteiger partial charge in [-0.05, 0) is 70.1 Å². The number of hydrogen-bond acceptors (Lipinski definition) is 8. The number of nitrogens with zero attached hydrogens (tertiary/aromatic N) is 1. The lowest BCUT2D eigenvalue weighted by molar-refractivity contribution is -0.151. The number of ether oxygens (including phenoxy) is 2. The van der Waals surface area contributed by atoms with E-state index in [1.54, 1.807) is 61.5 Å². The molecule has 3 N–H and O–H groups in total. The molecular weight excluding hydrogens is 592 g/mol. The first kappa shape index (κ1) is 38.3. The standard InChI is InChI=1S/C34H52N4O8/c1-13-15-16-21(25(40)28(42)35-18-17-22(39)45-33(9,10)14-2)36-27(41)24-23-20(34(23,11)12)19-38(24)29(43)26(31(3,4)5)37-30(44)46-32(6,7)8/h2,13,20-21,23-24,26H,1,15-19H2,3-12H3,(H,35,42)(H,36,41)(H,37,44)/t20-,21?,23-,24-,26+/m0/s1. The number of carbonyl (C=O) groups is 6. The number of alkyl carbamates (subject to hydrolysis) is 1. The first-order chi connectivity index (χ1) is 21.0. The predicted octanol–water partition coefficient (Wildman–Crippen LogP) is 2.89. The second-order valence-corrected chi connectivity index (χ2v) is 15.3. The molecule has 12 heteroatoms. The lowest BCUT2D eigenvalue weighted by atomic mass is 9.85. The summed E-state index contributed by atoms with van der Waals surface area (Å²) in [5, 5.41) is 7.83. The third-order valence-electron chi connectivity index (χ3n) is 8.38. The molecule has 2 fully saturated rings. The fraction of sp³-hybridized carbons (Fsp3) is 0.706. The van der Waals surface area contributed by atoms with Crippen molar-refractivity contribution in [1.29, 1.82) is 0 Å². The summed E-state index contributed by atoms with van der Waals surface area (Å²) in [7, 11) is 0. The van der Waals surface area contributed by atoms with E-state index in [0.717, 1.165) is 0 Å². The van der Waals surface area contributed by atoms with Crippen LogP contribution in [0.5, 0.6) is 0 Å². The normalized spacial score (nSPS) is 21.4. The van der Waals surface area contributed by atoms with Crippen molar-refractivity contribution in [2.75, 3.05) is 13.1 Å². The number of fused-ring (bicyclic) bond motifs is 1. The van der Waals surface area contributed by atoms with E-state index < -0.39 is 70.3 Å². The smallest absolute Gasteiger partial charge is 0.408 e. The Bertz CT molecular complexity index is 1270. The largest absolute Gasteiger partial charge is 0.446 e. The number of Topliss-reactive ketones (excluding diaryl/α,β-unsaturated/α-hetero) is 1. The molecule has 0 aromatic heterocycles. The van der Waals surface area contributed by atoms with Crippen molar-refractivity contribution in [2.24, 2.45) is 22.7 Å². The number of terminal acetylenes is 1. The molecule has 46 heavy (non-hydrogen) atoms. The van der Waals surface area contributed by atoms with Crippen LogP contribution in [0.1, 0.15) is 88.5 Å². The molecule has 2 aliphatic rings. The number of amides is 4. The predicted molar refractivity (Wildman–Crippen MR) is 172 cm³/mol. The number of nitrogens with one attached hydrogen (secondary N) is 3. The van der Waals surface area contributed by atoms with Gasteiger partial charge < -0.3 is 30.3 Å². The number of hydrogen-bond donors (Lipinski definition) is 3. The molecule has 2 rings (SSSR count). The zero-order valence-electron chi connectivity index (χ0n) is 29.0. The molecule has 0 spiro atoms. The van der Waals surface area contributed by atoms with Crippen molar-refractivity contribution >= 4 is 35.6 Å². The Kier molecular flexibility index (Phi) is 11.9. The second kappa shape index (κ2) is 14.3. The fourth-order valence-corrected chi connectivity index (χ4v) is 5.75. The van der Waals surface area contributed by atoms with Crippen LogP contribution in [0.3, 0.4) is 0 Å². The quantitative estimate of drug-likeness (QED) is 0.119. The summed E-state index contributed by atoms with van der Waals surface area (Å²) in [5.74, 6) is -1.32. The third-order valence-corrected chi connectivity index (χ3v) is 8.38. The molecule has 1 unspecified atom stereocenters. The maximum Gasteiger partial charge on any atom is 0.408 e. The molecule has 0 radical (unpaired) electrons. The van der Waals surface area contributed by atoms with Crippen LogP contribution >= 0.6 is 0 Å². The molecule has 256 valence electrons. The number of piperidine rings is 1. The Morgan fingerprint density at radius 2 is 1.63 bits per heavy atom. The Morgan fingerprint density at radius 3 is 2.15 bits per heavy atom. The zero-order chi connectivity index (χ0) is 35.4. The SMILES string of the molecule is C#CC(C)(C)OC(=O)CCNC(=O)C(=O)C(CCC=C)NC(=O)[C@@H]1[C@@H]2[C@H](CN1C(=O)[C@@H](NC(=O)OC(C)(C)C)C(C)(C)C)C2(C)C. The van der Waals surface area contributed by atoms with Gasteiger partial charge in [0.15, 0.2) is 5.60 Å². The average molecular weight is 645 g/mol. The molecule has 1 aliphatic carbocycles. The Labute approximate surface area is 273 Å². The summed E-state index contributed by atoms with van der Waals surface area (Å²) in [6.45, 7) is 21.5. The summed E-state index contributed by atoms with van der Waals surface area (Å²) in [4.78, 5) is 80.2. The van der Waals surface area contributed by atoms with Crippen molar-refractivity contribution < 1.29 is 38.2 Å². The van der Waals surface area contributed by atoms with Gasteiger partial charge in [0.05, 0.1) is 12.5 Å². The number of carbonyl (C=O) groups excluding carboxylic acids is 6. The first-order valence-electron chi connectivity index (χ1n) is 15.7. The highest BCUT2D eigenvalue weighted by molar-refractivity contribution is 6.38. The first-order valence-corrected chi connectivity index (χ1v) is 15.7. The van der Waals surface area contributed by atoms with Crippen molar-refractivity contribution in [1.82, 2.24) is 20.9 Å².